The smallest absolute Gasteiger partial charge is 0.329 e. The van der Waals surface area contributed by atoms with E-state index in [9.17, 15) is 9.59 Å². The minimum absolute atomic E-state index is 0.126. The third kappa shape index (κ3) is 10.2. The number of nitrogens with one attached hydrogen (secondary N) is 1. The number of aliphatic carboxylic acids is 1. The van der Waals surface area contributed by atoms with Gasteiger partial charge in [0.1, 0.15) is 12.4 Å². The van der Waals surface area contributed by atoms with Crippen molar-refractivity contribution in [3.05, 3.63) is 71.8 Å². The SMILES string of the molecule is CCCCCCCCCCCCNC(=O)c1cc(C2=CC=CCC2(F)OCC(=O)O)cc(-c2ccc(OC)cc2)c1. The lowest BCUT2D eigenvalue weighted by Gasteiger charge is -2.29. The molecule has 0 saturated heterocycles. The Morgan fingerprint density at radius 2 is 1.54 bits per heavy atom. The molecule has 1 atom stereocenters. The zero-order chi connectivity index (χ0) is 29.5. The molecular formula is C34H44FNO5. The highest BCUT2D eigenvalue weighted by atomic mass is 19.2. The molecule has 1 unspecified atom stereocenters. The summed E-state index contributed by atoms with van der Waals surface area (Å²) >= 11 is 0. The Hall–Kier alpha value is -3.45. The number of rotatable bonds is 18. The van der Waals surface area contributed by atoms with Gasteiger partial charge in [0.2, 0.25) is 5.85 Å². The normalized spacial score (nSPS) is 16.3. The molecule has 0 spiro atoms. The summed E-state index contributed by atoms with van der Waals surface area (Å²) in [5.41, 5.74) is 2.60. The quantitative estimate of drug-likeness (QED) is 0.178. The summed E-state index contributed by atoms with van der Waals surface area (Å²) in [6.07, 6.45) is 16.9. The van der Waals surface area contributed by atoms with E-state index in [2.05, 4.69) is 12.2 Å². The molecular weight excluding hydrogens is 521 g/mol. The summed E-state index contributed by atoms with van der Waals surface area (Å²) in [7, 11) is 1.59. The zero-order valence-corrected chi connectivity index (χ0v) is 24.4. The minimum Gasteiger partial charge on any atom is -0.497 e. The molecule has 222 valence electrons. The number of unbranched alkanes of at least 4 members (excludes halogenated alkanes) is 9. The molecule has 6 nitrogen and oxygen atoms in total. The molecule has 2 aromatic rings. The average molecular weight is 566 g/mol. The summed E-state index contributed by atoms with van der Waals surface area (Å²) in [6.45, 7) is 2.03. The summed E-state index contributed by atoms with van der Waals surface area (Å²) in [4.78, 5) is 24.4. The van der Waals surface area contributed by atoms with Crippen molar-refractivity contribution in [1.29, 1.82) is 0 Å². The Kier molecular flexibility index (Phi) is 13.1. The van der Waals surface area contributed by atoms with Crippen LogP contribution in [0.4, 0.5) is 4.39 Å². The van der Waals surface area contributed by atoms with E-state index >= 15 is 4.39 Å². The van der Waals surface area contributed by atoms with Crippen molar-refractivity contribution in [1.82, 2.24) is 5.32 Å². The molecule has 0 saturated carbocycles. The van der Waals surface area contributed by atoms with Crippen LogP contribution in [0.5, 0.6) is 5.75 Å². The van der Waals surface area contributed by atoms with Gasteiger partial charge in [0, 0.05) is 24.1 Å². The molecule has 2 aromatic carbocycles. The van der Waals surface area contributed by atoms with E-state index in [-0.39, 0.29) is 17.9 Å². The van der Waals surface area contributed by atoms with Crippen molar-refractivity contribution < 1.29 is 28.6 Å². The van der Waals surface area contributed by atoms with Crippen molar-refractivity contribution in [2.45, 2.75) is 83.4 Å². The maximum Gasteiger partial charge on any atom is 0.329 e. The molecule has 0 aromatic heterocycles. The predicted octanol–water partition coefficient (Wildman–Crippen LogP) is 8.12. The van der Waals surface area contributed by atoms with E-state index in [0.29, 0.717) is 23.4 Å². The number of carboxylic acid groups (broad SMARTS) is 1. The van der Waals surface area contributed by atoms with Crippen molar-refractivity contribution in [2.24, 2.45) is 0 Å². The van der Waals surface area contributed by atoms with Gasteiger partial charge in [0.15, 0.2) is 0 Å². The van der Waals surface area contributed by atoms with E-state index in [0.717, 1.165) is 30.4 Å². The van der Waals surface area contributed by atoms with Gasteiger partial charge in [-0.25, -0.2) is 9.18 Å². The Morgan fingerprint density at radius 3 is 2.17 bits per heavy atom. The van der Waals surface area contributed by atoms with Gasteiger partial charge in [-0.1, -0.05) is 95.1 Å². The lowest BCUT2D eigenvalue weighted by atomic mass is 9.89. The van der Waals surface area contributed by atoms with E-state index < -0.39 is 18.4 Å². The molecule has 0 fully saturated rings. The summed E-state index contributed by atoms with van der Waals surface area (Å²) in [5, 5.41) is 12.1. The number of hydrogen-bond donors (Lipinski definition) is 2. The Bertz CT molecular complexity index is 1190. The number of carbonyl (C=O) groups excluding carboxylic acids is 1. The number of carbonyl (C=O) groups is 2. The van der Waals surface area contributed by atoms with Gasteiger partial charge in [0.25, 0.3) is 5.91 Å². The van der Waals surface area contributed by atoms with Crippen molar-refractivity contribution in [3.63, 3.8) is 0 Å². The highest BCUT2D eigenvalue weighted by molar-refractivity contribution is 5.97. The van der Waals surface area contributed by atoms with E-state index in [4.69, 9.17) is 14.6 Å². The second-order valence-corrected chi connectivity index (χ2v) is 10.6. The van der Waals surface area contributed by atoms with Crippen LogP contribution >= 0.6 is 0 Å². The number of allylic oxidation sites excluding steroid dienone is 2. The number of benzene rings is 2. The number of methoxy groups -OCH3 is 1. The summed E-state index contributed by atoms with van der Waals surface area (Å²) in [6, 6.07) is 12.6. The number of alkyl halides is 1. The number of hydrogen-bond acceptors (Lipinski definition) is 4. The minimum atomic E-state index is -2.32. The Balaban J connectivity index is 1.71. The maximum atomic E-state index is 16.0. The predicted molar refractivity (Wildman–Crippen MR) is 162 cm³/mol. The van der Waals surface area contributed by atoms with Crippen molar-refractivity contribution >= 4 is 17.4 Å². The van der Waals surface area contributed by atoms with Crippen LogP contribution in [0.1, 0.15) is 93.5 Å². The molecule has 0 radical (unpaired) electrons. The van der Waals surface area contributed by atoms with Gasteiger partial charge >= 0.3 is 5.97 Å². The van der Waals surface area contributed by atoms with E-state index in [1.165, 1.54) is 44.9 Å². The van der Waals surface area contributed by atoms with Crippen LogP contribution < -0.4 is 10.1 Å². The first-order valence-electron chi connectivity index (χ1n) is 14.9. The number of ether oxygens (including phenoxy) is 2. The molecule has 1 amide bonds. The third-order valence-electron chi connectivity index (χ3n) is 7.35. The second-order valence-electron chi connectivity index (χ2n) is 10.6. The van der Waals surface area contributed by atoms with E-state index in [1.54, 1.807) is 43.5 Å². The Labute approximate surface area is 243 Å². The van der Waals surface area contributed by atoms with Crippen molar-refractivity contribution in [3.8, 4) is 16.9 Å². The van der Waals surface area contributed by atoms with Crippen LogP contribution in [0.25, 0.3) is 16.7 Å². The fourth-order valence-electron chi connectivity index (χ4n) is 5.02. The number of carboxylic acids is 1. The molecule has 0 bridgehead atoms. The van der Waals surface area contributed by atoms with Crippen LogP contribution in [-0.2, 0) is 9.53 Å². The van der Waals surface area contributed by atoms with E-state index in [1.807, 2.05) is 24.3 Å². The lowest BCUT2D eigenvalue weighted by Crippen LogP contribution is -2.32. The van der Waals surface area contributed by atoms with Crippen LogP contribution in [0.15, 0.2) is 60.7 Å². The average Bonchev–Trinajstić information content (AvgIpc) is 2.99. The fourth-order valence-corrected chi connectivity index (χ4v) is 5.02. The van der Waals surface area contributed by atoms with Crippen LogP contribution in [0, 0.1) is 0 Å². The highest BCUT2D eigenvalue weighted by Crippen LogP contribution is 2.40. The maximum absolute atomic E-state index is 16.0. The second kappa shape index (κ2) is 16.7. The van der Waals surface area contributed by atoms with Gasteiger partial charge in [-0.15, -0.1) is 0 Å². The molecule has 41 heavy (non-hydrogen) atoms. The van der Waals surface area contributed by atoms with Gasteiger partial charge in [-0.05, 0) is 53.4 Å². The highest BCUT2D eigenvalue weighted by Gasteiger charge is 2.37. The lowest BCUT2D eigenvalue weighted by molar-refractivity contribution is -0.156. The molecule has 3 rings (SSSR count). The first-order chi connectivity index (χ1) is 19.9. The van der Waals surface area contributed by atoms with Crippen LogP contribution in [0.2, 0.25) is 0 Å². The van der Waals surface area contributed by atoms with Crippen LogP contribution in [0.3, 0.4) is 0 Å². The van der Waals surface area contributed by atoms with Gasteiger partial charge < -0.3 is 19.9 Å². The van der Waals surface area contributed by atoms with Gasteiger partial charge in [0.05, 0.1) is 7.11 Å². The standard InChI is InChI=1S/C34H44FNO5/c1-3-4-5-6-7-8-9-10-11-14-21-36-33(39)29-23-27(26-16-18-30(40-2)19-17-26)22-28(24-29)31-15-12-13-20-34(31,35)41-25-32(37)38/h12-13,15-19,22-24H,3-11,14,20-21,25H2,1-2H3,(H,36,39)(H,37,38). The van der Waals surface area contributed by atoms with Gasteiger partial charge in [-0.2, -0.15) is 0 Å². The number of amides is 1. The Morgan fingerprint density at radius 1 is 0.902 bits per heavy atom. The topological polar surface area (TPSA) is 84.9 Å². The molecule has 0 heterocycles. The monoisotopic (exact) mass is 565 g/mol. The largest absolute Gasteiger partial charge is 0.497 e. The summed E-state index contributed by atoms with van der Waals surface area (Å²) < 4.78 is 26.5. The van der Waals surface area contributed by atoms with Crippen LogP contribution in [-0.4, -0.2) is 43.1 Å². The fraction of sp³-hybridized carbons (Fsp3) is 0.471. The zero-order valence-electron chi connectivity index (χ0n) is 24.4. The molecule has 1 aliphatic carbocycles. The first-order valence-corrected chi connectivity index (χ1v) is 14.9. The van der Waals surface area contributed by atoms with Crippen molar-refractivity contribution in [2.75, 3.05) is 20.3 Å². The third-order valence-corrected chi connectivity index (χ3v) is 7.35. The molecule has 1 aliphatic rings. The molecule has 7 heteroatoms. The molecule has 2 N–H and O–H groups in total. The number of halogens is 1. The van der Waals surface area contributed by atoms with Gasteiger partial charge in [-0.3, -0.25) is 4.79 Å². The molecule has 0 aliphatic heterocycles. The first kappa shape index (κ1) is 32.1. The summed E-state index contributed by atoms with van der Waals surface area (Å²) in [5.74, 6) is -3.12.